The third kappa shape index (κ3) is 13.2. The molecule has 406 valence electrons. The molecule has 10 N–H and O–H groups in total. The lowest BCUT2D eigenvalue weighted by Gasteiger charge is -2.36. The second-order valence-corrected chi connectivity index (χ2v) is 21.8. The largest absolute Gasteiger partial charge is 0.399 e. The number of likely N-dealkylation sites (N-methyl/N-ethyl adjacent to an activating group) is 2. The van der Waals surface area contributed by atoms with Gasteiger partial charge in [-0.3, -0.25) is 38.4 Å². The topological polar surface area (TPSA) is 265 Å². The maximum absolute atomic E-state index is 14.7. The number of carbonyl (C=O) groups is 8. The summed E-state index contributed by atoms with van der Waals surface area (Å²) in [5.74, 6) is -1.47. The summed E-state index contributed by atoms with van der Waals surface area (Å²) in [4.78, 5) is 115. The zero-order valence-electron chi connectivity index (χ0n) is 44.7. The smallest absolute Gasteiger partial charge is 0.251 e. The van der Waals surface area contributed by atoms with Crippen LogP contribution in [0.15, 0.2) is 66.7 Å². The van der Waals surface area contributed by atoms with Crippen LogP contribution in [0.1, 0.15) is 135 Å². The molecule has 7 rings (SSSR count). The molecule has 4 aliphatic rings. The molecule has 19 heteroatoms. The van der Waals surface area contributed by atoms with Gasteiger partial charge < -0.3 is 58.1 Å². The van der Waals surface area contributed by atoms with Crippen molar-refractivity contribution >= 4 is 52.9 Å². The molecule has 0 saturated carbocycles. The molecule has 10 atom stereocenters. The first-order valence-electron chi connectivity index (χ1n) is 26.5. The summed E-state index contributed by atoms with van der Waals surface area (Å²) in [6.45, 7) is 8.66. The van der Waals surface area contributed by atoms with Crippen molar-refractivity contribution in [1.29, 1.82) is 0 Å². The molecule has 2 fully saturated rings. The van der Waals surface area contributed by atoms with Crippen LogP contribution >= 0.6 is 0 Å². The Hall–Kier alpha value is -7.30. The highest BCUT2D eigenvalue weighted by Crippen LogP contribution is 2.33. The van der Waals surface area contributed by atoms with E-state index in [2.05, 4.69) is 48.5 Å². The molecule has 3 aromatic carbocycles. The first-order valence-corrected chi connectivity index (χ1v) is 26.5. The Morgan fingerprint density at radius 3 is 1.55 bits per heavy atom. The maximum atomic E-state index is 14.7. The number of hydrogen-bond donors (Lipinski definition) is 9. The van der Waals surface area contributed by atoms with E-state index in [9.17, 15) is 38.4 Å². The number of nitrogens with zero attached hydrogens (tertiary/aromatic N) is 2. The number of anilines is 1. The quantitative estimate of drug-likeness (QED) is 0.0700. The number of amides is 8. The van der Waals surface area contributed by atoms with E-state index in [-0.39, 0.29) is 73.1 Å². The van der Waals surface area contributed by atoms with Gasteiger partial charge >= 0.3 is 0 Å². The average Bonchev–Trinajstić information content (AvgIpc) is 4.04. The number of fused-ring (bicyclic) bond motifs is 2. The Kier molecular flexibility index (Phi) is 18.2. The Bertz CT molecular complexity index is 2730. The van der Waals surface area contributed by atoms with Gasteiger partial charge in [0.05, 0.1) is 24.2 Å². The van der Waals surface area contributed by atoms with Crippen molar-refractivity contribution in [2.24, 2.45) is 5.41 Å². The molecule has 0 radical (unpaired) electrons. The van der Waals surface area contributed by atoms with Crippen LogP contribution < -0.4 is 48.3 Å². The van der Waals surface area contributed by atoms with Crippen molar-refractivity contribution in [3.05, 3.63) is 100 Å². The summed E-state index contributed by atoms with van der Waals surface area (Å²) in [5.41, 5.74) is 10.1. The highest BCUT2D eigenvalue weighted by molar-refractivity contribution is 6.02. The second kappa shape index (κ2) is 24.6. The minimum absolute atomic E-state index is 0.0288. The Morgan fingerprint density at radius 1 is 0.658 bits per heavy atom. The predicted octanol–water partition coefficient (Wildman–Crippen LogP) is 2.31. The summed E-state index contributed by atoms with van der Waals surface area (Å²) < 4.78 is 0. The number of nitrogen functional groups attached to an aromatic ring is 1. The van der Waals surface area contributed by atoms with Crippen LogP contribution in [-0.4, -0.2) is 133 Å². The molecule has 0 unspecified atom stereocenters. The van der Waals surface area contributed by atoms with Crippen molar-refractivity contribution < 1.29 is 38.4 Å². The van der Waals surface area contributed by atoms with Gasteiger partial charge in [-0.15, -0.1) is 12.3 Å². The lowest BCUT2D eigenvalue weighted by atomic mass is 9.85. The monoisotopic (exact) mass is 1040 g/mol. The van der Waals surface area contributed by atoms with Gasteiger partial charge in [0.2, 0.25) is 35.4 Å². The second-order valence-electron chi connectivity index (χ2n) is 21.8. The van der Waals surface area contributed by atoms with E-state index in [1.54, 1.807) is 27.9 Å². The van der Waals surface area contributed by atoms with Gasteiger partial charge in [0, 0.05) is 48.4 Å². The molecule has 76 heavy (non-hydrogen) atoms. The highest BCUT2D eigenvalue weighted by Gasteiger charge is 2.47. The van der Waals surface area contributed by atoms with E-state index in [4.69, 9.17) is 12.2 Å². The Labute approximate surface area is 445 Å². The zero-order chi connectivity index (χ0) is 55.0. The van der Waals surface area contributed by atoms with Crippen molar-refractivity contribution in [3.8, 4) is 12.3 Å². The van der Waals surface area contributed by atoms with E-state index in [1.807, 2.05) is 69.3 Å². The zero-order valence-corrected chi connectivity index (χ0v) is 44.7. The molecular formula is C57H75N11O8. The summed E-state index contributed by atoms with van der Waals surface area (Å²) in [6, 6.07) is 12.5. The number of hydrogen-bond acceptors (Lipinski definition) is 11. The molecular weight excluding hydrogens is 967 g/mol. The fourth-order valence-electron chi connectivity index (χ4n) is 10.8. The Morgan fingerprint density at radius 2 is 1.11 bits per heavy atom. The van der Waals surface area contributed by atoms with E-state index in [0.29, 0.717) is 12.8 Å². The number of rotatable bonds is 17. The number of terminal acetylenes is 1. The van der Waals surface area contributed by atoms with Crippen LogP contribution in [0.3, 0.4) is 0 Å². The van der Waals surface area contributed by atoms with Crippen molar-refractivity contribution in [2.45, 2.75) is 153 Å². The standard InChI is InChI=1S/C57H75N11O8/c1-9-16-45(65-49(69)32(2)59-7)55(75)67-30-39(28-46(67)53(73)63-43-23-14-19-34-17-10-12-21-41(34)43)61-51(71)36-25-37(27-38(58)26-36)52(72)62-40-29-47(54(74)64-44-24-15-20-35-18-11-13-22-42(35)44)68(31-40)56(76)48(57(4,5)6)66-50(70)33(3)60-8/h1,10-13,17-18,21-22,25-27,32-33,39-40,43-48,59-60H,14-16,19-20,23-24,28-31,58H2,2-8H3,(H,61,71)(H,62,72)(H,63,73)(H,64,74)(H,65,69)(H,66,70)/t32-,33-,39-,40-,43+,44+,45-,46-,47-,48+/m0/s1. The van der Waals surface area contributed by atoms with E-state index < -0.39 is 89.2 Å². The summed E-state index contributed by atoms with van der Waals surface area (Å²) in [6.07, 6.45) is 10.5. The molecule has 0 spiro atoms. The van der Waals surface area contributed by atoms with Crippen LogP contribution in [0.5, 0.6) is 0 Å². The SMILES string of the molecule is C#CC[C@H](NC(=O)[C@H](C)NC)C(=O)N1C[C@@H](NC(=O)c2cc(N)cc(C(=O)N[C@H]3C[C@@H](C(=O)N[C@@H]4CCCc5ccccc54)N(C(=O)[C@@H](NC(=O)[C@H](C)NC)C(C)(C)C)C3)c2)C[C@H]1C(=O)N[C@@H]1CCCc2ccccc21. The van der Waals surface area contributed by atoms with Crippen molar-refractivity contribution in [3.63, 3.8) is 0 Å². The van der Waals surface area contributed by atoms with Gasteiger partial charge in [-0.2, -0.15) is 0 Å². The fourth-order valence-corrected chi connectivity index (χ4v) is 10.8. The normalized spacial score (nSPS) is 22.5. The predicted molar refractivity (Wildman–Crippen MR) is 288 cm³/mol. The van der Waals surface area contributed by atoms with E-state index in [0.717, 1.165) is 47.9 Å². The number of likely N-dealkylation sites (tertiary alicyclic amines) is 2. The molecule has 0 aromatic heterocycles. The maximum Gasteiger partial charge on any atom is 0.251 e. The first-order chi connectivity index (χ1) is 36.2. The number of nitrogens with two attached hydrogens (primary N) is 1. The first kappa shape index (κ1) is 56.4. The third-order valence-electron chi connectivity index (χ3n) is 15.3. The van der Waals surface area contributed by atoms with Crippen LogP contribution in [-0.2, 0) is 41.6 Å². The van der Waals surface area contributed by atoms with Gasteiger partial charge in [-0.1, -0.05) is 69.3 Å². The molecule has 19 nitrogen and oxygen atoms in total. The van der Waals surface area contributed by atoms with E-state index >= 15 is 0 Å². The Balaban J connectivity index is 1.09. The van der Waals surface area contributed by atoms with Gasteiger partial charge in [0.15, 0.2) is 0 Å². The molecule has 2 heterocycles. The minimum atomic E-state index is -1.15. The van der Waals surface area contributed by atoms with Crippen LogP contribution in [0.2, 0.25) is 0 Å². The molecule has 2 aliphatic heterocycles. The van der Waals surface area contributed by atoms with E-state index in [1.165, 1.54) is 28.0 Å². The lowest BCUT2D eigenvalue weighted by Crippen LogP contribution is -2.59. The van der Waals surface area contributed by atoms with Gasteiger partial charge in [0.1, 0.15) is 24.2 Å². The van der Waals surface area contributed by atoms with Crippen LogP contribution in [0.25, 0.3) is 0 Å². The molecule has 8 amide bonds. The molecule has 3 aromatic rings. The lowest BCUT2D eigenvalue weighted by molar-refractivity contribution is -0.144. The summed E-state index contributed by atoms with van der Waals surface area (Å²) >= 11 is 0. The number of nitrogens with one attached hydrogen (secondary N) is 8. The molecule has 0 bridgehead atoms. The summed E-state index contributed by atoms with van der Waals surface area (Å²) in [5, 5.41) is 23.7. The van der Waals surface area contributed by atoms with Crippen LogP contribution in [0, 0.1) is 17.8 Å². The van der Waals surface area contributed by atoms with Crippen molar-refractivity contribution in [2.75, 3.05) is 32.9 Å². The van der Waals surface area contributed by atoms with Gasteiger partial charge in [0.25, 0.3) is 11.8 Å². The number of carbonyl (C=O) groups excluding carboxylic acids is 8. The van der Waals surface area contributed by atoms with Crippen LogP contribution in [0.4, 0.5) is 5.69 Å². The van der Waals surface area contributed by atoms with Gasteiger partial charge in [-0.05, 0) is 125 Å². The summed E-state index contributed by atoms with van der Waals surface area (Å²) in [7, 11) is 3.25. The third-order valence-corrected chi connectivity index (χ3v) is 15.3. The average molecular weight is 1040 g/mol. The minimum Gasteiger partial charge on any atom is -0.399 e. The number of benzene rings is 3. The molecule has 2 saturated heterocycles. The van der Waals surface area contributed by atoms with Crippen molar-refractivity contribution in [1.82, 2.24) is 52.3 Å². The number of aryl methyl sites for hydroxylation is 2. The highest BCUT2D eigenvalue weighted by atomic mass is 16.2. The fraction of sp³-hybridized carbons (Fsp3) is 0.509. The molecule has 2 aliphatic carbocycles. The van der Waals surface area contributed by atoms with Gasteiger partial charge in [-0.25, -0.2) is 0 Å².